The van der Waals surface area contributed by atoms with Crippen LogP contribution in [-0.2, 0) is 17.8 Å². The van der Waals surface area contributed by atoms with Crippen molar-refractivity contribution in [3.63, 3.8) is 0 Å². The van der Waals surface area contributed by atoms with Crippen LogP contribution in [0.3, 0.4) is 0 Å². The number of methoxy groups -OCH3 is 1. The smallest absolute Gasteiger partial charge is 0.262 e. The van der Waals surface area contributed by atoms with Gasteiger partial charge >= 0.3 is 0 Å². The number of piperidine rings is 1. The van der Waals surface area contributed by atoms with Crippen molar-refractivity contribution < 1.29 is 14.3 Å². The van der Waals surface area contributed by atoms with Crippen molar-refractivity contribution in [3.8, 4) is 17.6 Å². The third kappa shape index (κ3) is 5.68. The number of anilines is 1. The minimum atomic E-state index is -0.0810. The Morgan fingerprint density at radius 1 is 1.19 bits per heavy atom. The van der Waals surface area contributed by atoms with Gasteiger partial charge in [-0.05, 0) is 73.6 Å². The highest BCUT2D eigenvalue weighted by molar-refractivity contribution is 5.95. The molecule has 2 fully saturated rings. The standard InChI is InChI=1S/C16H21N3O2.C13H12N2O/c20-16-9-21-15-4-1-10(5-14(15)19-16)8-17-13-6-11-2-3-12(7-13)18-11;1-3-11-9(7-14)8-15-13-5-4-10(16-2)6-12(11)13/h1,4-5,11-13,17-18H,2-3,6-9H2,(H,19,20);4-6,8H,3H2,1-2H3. The maximum atomic E-state index is 11.4. The third-order valence-electron chi connectivity index (χ3n) is 7.41. The van der Waals surface area contributed by atoms with Gasteiger partial charge in [-0.1, -0.05) is 13.0 Å². The number of hydrogen-bond acceptors (Lipinski definition) is 7. The molecule has 0 radical (unpaired) electrons. The van der Waals surface area contributed by atoms with Gasteiger partial charge in [0.15, 0.2) is 6.61 Å². The number of carbonyl (C=O) groups excluding carboxylic acids is 1. The van der Waals surface area contributed by atoms with Crippen LogP contribution in [0.2, 0.25) is 0 Å². The molecule has 2 saturated heterocycles. The number of benzene rings is 2. The monoisotopic (exact) mass is 499 g/mol. The SMILES string of the molecule is CCc1c(C#N)cnc2ccc(OC)cc12.O=C1COc2ccc(CNC3CC4CCC(C3)N4)cc2N1. The van der Waals surface area contributed by atoms with E-state index in [9.17, 15) is 4.79 Å². The average Bonchev–Trinajstić information content (AvgIpc) is 3.28. The van der Waals surface area contributed by atoms with E-state index in [1.165, 1.54) is 31.2 Å². The molecule has 0 spiro atoms. The van der Waals surface area contributed by atoms with Gasteiger partial charge in [0.05, 0.1) is 23.9 Å². The lowest BCUT2D eigenvalue weighted by Gasteiger charge is -2.30. The molecule has 2 bridgehead atoms. The van der Waals surface area contributed by atoms with Crippen molar-refractivity contribution in [1.82, 2.24) is 15.6 Å². The Kier molecular flexibility index (Phi) is 7.54. The quantitative estimate of drug-likeness (QED) is 0.486. The summed E-state index contributed by atoms with van der Waals surface area (Å²) < 4.78 is 10.6. The van der Waals surface area contributed by atoms with Gasteiger partial charge in [-0.3, -0.25) is 9.78 Å². The number of amides is 1. The summed E-state index contributed by atoms with van der Waals surface area (Å²) in [4.78, 5) is 15.6. The van der Waals surface area contributed by atoms with Crippen molar-refractivity contribution in [2.75, 3.05) is 19.0 Å². The van der Waals surface area contributed by atoms with Crippen LogP contribution in [0.25, 0.3) is 10.9 Å². The molecule has 0 aliphatic carbocycles. The van der Waals surface area contributed by atoms with Crippen LogP contribution in [0.5, 0.6) is 11.5 Å². The zero-order valence-electron chi connectivity index (χ0n) is 21.3. The van der Waals surface area contributed by atoms with Crippen molar-refractivity contribution in [2.24, 2.45) is 0 Å². The van der Waals surface area contributed by atoms with Crippen molar-refractivity contribution >= 4 is 22.5 Å². The lowest BCUT2D eigenvalue weighted by molar-refractivity contribution is -0.118. The molecule has 8 heteroatoms. The van der Waals surface area contributed by atoms with Crippen LogP contribution < -0.4 is 25.4 Å². The Bertz CT molecular complexity index is 1320. The van der Waals surface area contributed by atoms with Crippen molar-refractivity contribution in [1.29, 1.82) is 5.26 Å². The lowest BCUT2D eigenvalue weighted by Crippen LogP contribution is -2.46. The second-order valence-corrected chi connectivity index (χ2v) is 9.85. The number of pyridine rings is 1. The normalized spacial score (nSPS) is 21.6. The Morgan fingerprint density at radius 3 is 2.73 bits per heavy atom. The second kappa shape index (κ2) is 11.2. The molecule has 2 aromatic carbocycles. The summed E-state index contributed by atoms with van der Waals surface area (Å²) in [6.07, 6.45) is 7.54. The number of aromatic nitrogens is 1. The first-order valence-corrected chi connectivity index (χ1v) is 13.0. The van der Waals surface area contributed by atoms with Crippen LogP contribution in [0, 0.1) is 11.3 Å². The van der Waals surface area contributed by atoms with Crippen LogP contribution in [0.1, 0.15) is 49.3 Å². The molecular formula is C29H33N5O3. The molecule has 192 valence electrons. The summed E-state index contributed by atoms with van der Waals surface area (Å²) >= 11 is 0. The zero-order valence-corrected chi connectivity index (χ0v) is 21.3. The van der Waals surface area contributed by atoms with E-state index in [1.807, 2.05) is 37.3 Å². The van der Waals surface area contributed by atoms with E-state index in [0.29, 0.717) is 23.7 Å². The first kappa shape index (κ1) is 25.0. The number of nitrogens with zero attached hydrogens (tertiary/aromatic N) is 2. The van der Waals surface area contributed by atoms with Crippen molar-refractivity contribution in [2.45, 2.75) is 63.7 Å². The molecule has 3 aromatic rings. The number of nitriles is 1. The van der Waals surface area contributed by atoms with Gasteiger partial charge in [-0.2, -0.15) is 5.26 Å². The summed E-state index contributed by atoms with van der Waals surface area (Å²) in [6.45, 7) is 2.99. The lowest BCUT2D eigenvalue weighted by atomic mass is 9.99. The van der Waals surface area contributed by atoms with Gasteiger partial charge < -0.3 is 25.4 Å². The Morgan fingerprint density at radius 2 is 2.00 bits per heavy atom. The van der Waals surface area contributed by atoms with E-state index >= 15 is 0 Å². The molecule has 1 amide bonds. The number of nitrogens with one attached hydrogen (secondary N) is 3. The number of carbonyl (C=O) groups is 1. The molecule has 3 aliphatic heterocycles. The predicted molar refractivity (Wildman–Crippen MR) is 143 cm³/mol. The number of hydrogen-bond donors (Lipinski definition) is 3. The number of rotatable bonds is 5. The predicted octanol–water partition coefficient (Wildman–Crippen LogP) is 4.07. The van der Waals surface area contributed by atoms with E-state index in [2.05, 4.69) is 33.1 Å². The third-order valence-corrected chi connectivity index (χ3v) is 7.41. The fourth-order valence-electron chi connectivity index (χ4n) is 5.56. The van der Waals surface area contributed by atoms with E-state index in [0.717, 1.165) is 46.6 Å². The molecule has 2 atom stereocenters. The van der Waals surface area contributed by atoms with E-state index in [1.54, 1.807) is 13.3 Å². The topological polar surface area (TPSA) is 108 Å². The second-order valence-electron chi connectivity index (χ2n) is 9.85. The van der Waals surface area contributed by atoms with E-state index < -0.39 is 0 Å². The fourth-order valence-corrected chi connectivity index (χ4v) is 5.56. The highest BCUT2D eigenvalue weighted by Gasteiger charge is 2.33. The number of aryl methyl sites for hydroxylation is 1. The summed E-state index contributed by atoms with van der Waals surface area (Å²) in [5, 5.41) is 20.2. The highest BCUT2D eigenvalue weighted by Crippen LogP contribution is 2.30. The average molecular weight is 500 g/mol. The van der Waals surface area contributed by atoms with Crippen molar-refractivity contribution in [3.05, 3.63) is 59.3 Å². The molecule has 3 N–H and O–H groups in total. The number of fused-ring (bicyclic) bond motifs is 4. The first-order chi connectivity index (χ1) is 18.1. The molecule has 8 nitrogen and oxygen atoms in total. The largest absolute Gasteiger partial charge is 0.497 e. The molecule has 4 heterocycles. The van der Waals surface area contributed by atoms with Crippen LogP contribution >= 0.6 is 0 Å². The van der Waals surface area contributed by atoms with Gasteiger partial charge in [0.2, 0.25) is 0 Å². The highest BCUT2D eigenvalue weighted by atomic mass is 16.5. The Hall–Kier alpha value is -3.67. The Balaban J connectivity index is 0.000000158. The molecule has 3 aliphatic rings. The molecule has 2 unspecified atom stereocenters. The van der Waals surface area contributed by atoms with Gasteiger partial charge in [-0.25, -0.2) is 0 Å². The Labute approximate surface area is 217 Å². The molecule has 37 heavy (non-hydrogen) atoms. The summed E-state index contributed by atoms with van der Waals surface area (Å²) in [6, 6.07) is 15.9. The van der Waals surface area contributed by atoms with Crippen LogP contribution in [0.15, 0.2) is 42.6 Å². The summed E-state index contributed by atoms with van der Waals surface area (Å²) in [5.41, 5.74) is 4.55. The van der Waals surface area contributed by atoms with Crippen LogP contribution in [0.4, 0.5) is 5.69 Å². The van der Waals surface area contributed by atoms with E-state index in [4.69, 9.17) is 14.7 Å². The van der Waals surface area contributed by atoms with Crippen LogP contribution in [-0.4, -0.2) is 42.7 Å². The minimum absolute atomic E-state index is 0.0810. The molecule has 0 saturated carbocycles. The molecule has 6 rings (SSSR count). The van der Waals surface area contributed by atoms with E-state index in [-0.39, 0.29) is 12.5 Å². The maximum absolute atomic E-state index is 11.4. The van der Waals surface area contributed by atoms with Gasteiger partial charge in [0.1, 0.15) is 17.6 Å². The zero-order chi connectivity index (χ0) is 25.8. The minimum Gasteiger partial charge on any atom is -0.497 e. The fraction of sp³-hybridized carbons (Fsp3) is 0.414. The molecular weight excluding hydrogens is 466 g/mol. The van der Waals surface area contributed by atoms with Gasteiger partial charge in [-0.15, -0.1) is 0 Å². The first-order valence-electron chi connectivity index (χ1n) is 13.0. The number of ether oxygens (including phenoxy) is 2. The maximum Gasteiger partial charge on any atom is 0.262 e. The van der Waals surface area contributed by atoms with Gasteiger partial charge in [0.25, 0.3) is 5.91 Å². The van der Waals surface area contributed by atoms with Gasteiger partial charge in [0, 0.05) is 36.3 Å². The summed E-state index contributed by atoms with van der Waals surface area (Å²) in [5.74, 6) is 1.47. The summed E-state index contributed by atoms with van der Waals surface area (Å²) in [7, 11) is 1.63. The molecule has 1 aromatic heterocycles.